The molecular weight excluding hydrogens is 302 g/mol. The average molecular weight is 335 g/mol. The second kappa shape index (κ2) is 7.42. The summed E-state index contributed by atoms with van der Waals surface area (Å²) in [6.07, 6.45) is 7.31. The van der Waals surface area contributed by atoms with Crippen molar-refractivity contribution >= 4 is 11.8 Å². The Labute approximate surface area is 146 Å². The van der Waals surface area contributed by atoms with Crippen molar-refractivity contribution in [3.8, 4) is 0 Å². The van der Waals surface area contributed by atoms with Gasteiger partial charge in [-0.05, 0) is 51.1 Å². The minimum Gasteiger partial charge on any atom is -0.355 e. The number of nitrogens with zero attached hydrogens (tertiary/aromatic N) is 2. The van der Waals surface area contributed by atoms with Crippen LogP contribution in [0.4, 0.5) is 0 Å². The minimum absolute atomic E-state index is 0.0837. The van der Waals surface area contributed by atoms with Gasteiger partial charge in [0.05, 0.1) is 0 Å². The first-order valence-electron chi connectivity index (χ1n) is 9.72. The van der Waals surface area contributed by atoms with Crippen LogP contribution >= 0.6 is 0 Å². The summed E-state index contributed by atoms with van der Waals surface area (Å²) in [4.78, 5) is 29.3. The maximum Gasteiger partial charge on any atom is 0.225 e. The van der Waals surface area contributed by atoms with E-state index in [1.807, 2.05) is 4.90 Å². The first-order chi connectivity index (χ1) is 11.5. The molecule has 0 aromatic rings. The molecule has 0 bridgehead atoms. The molecule has 2 saturated heterocycles. The van der Waals surface area contributed by atoms with Crippen LogP contribution in [0.1, 0.15) is 51.9 Å². The quantitative estimate of drug-likeness (QED) is 0.853. The lowest BCUT2D eigenvalue weighted by molar-refractivity contribution is -0.139. The second-order valence-electron chi connectivity index (χ2n) is 8.60. The summed E-state index contributed by atoms with van der Waals surface area (Å²) >= 11 is 0. The zero-order chi connectivity index (χ0) is 17.2. The number of hydrogen-bond donors (Lipinski definition) is 1. The van der Waals surface area contributed by atoms with Crippen LogP contribution in [0.5, 0.6) is 0 Å². The average Bonchev–Trinajstić information content (AvgIpc) is 3.23. The summed E-state index contributed by atoms with van der Waals surface area (Å²) in [6.45, 7) is 6.73. The summed E-state index contributed by atoms with van der Waals surface area (Å²) in [5, 5.41) is 3.19. The third-order valence-electron chi connectivity index (χ3n) is 6.32. The molecule has 3 rings (SSSR count). The maximum atomic E-state index is 12.5. The molecule has 3 fully saturated rings. The van der Waals surface area contributed by atoms with Crippen molar-refractivity contribution in [1.82, 2.24) is 15.1 Å². The van der Waals surface area contributed by atoms with Gasteiger partial charge in [0.15, 0.2) is 0 Å². The van der Waals surface area contributed by atoms with E-state index >= 15 is 0 Å². The lowest BCUT2D eigenvalue weighted by Crippen LogP contribution is -2.46. The fraction of sp³-hybridized carbons (Fsp3) is 0.895. The summed E-state index contributed by atoms with van der Waals surface area (Å²) in [7, 11) is 2.14. The van der Waals surface area contributed by atoms with Crippen LogP contribution in [-0.4, -0.2) is 61.4 Å². The Bertz CT molecular complexity index is 467. The van der Waals surface area contributed by atoms with Gasteiger partial charge in [0.2, 0.25) is 11.8 Å². The van der Waals surface area contributed by atoms with Crippen molar-refractivity contribution in [2.24, 2.45) is 17.3 Å². The molecule has 0 radical (unpaired) electrons. The number of carbonyl (C=O) groups excluding carboxylic acids is 2. The van der Waals surface area contributed by atoms with Crippen molar-refractivity contribution in [2.45, 2.75) is 51.9 Å². The summed E-state index contributed by atoms with van der Waals surface area (Å²) in [5.41, 5.74) is 0.212. The molecular formula is C19H33N3O2. The molecule has 3 aliphatic rings. The van der Waals surface area contributed by atoms with Crippen molar-refractivity contribution in [3.63, 3.8) is 0 Å². The SMILES string of the molecule is CN1CCC(C)(CNC(=O)C2CCN(C(=O)C3CCCC3)CC2)C1. The predicted molar refractivity (Wildman–Crippen MR) is 94.5 cm³/mol. The zero-order valence-electron chi connectivity index (χ0n) is 15.4. The van der Waals surface area contributed by atoms with E-state index in [4.69, 9.17) is 0 Å². The zero-order valence-corrected chi connectivity index (χ0v) is 15.4. The van der Waals surface area contributed by atoms with Gasteiger partial charge in [0.25, 0.3) is 0 Å². The van der Waals surface area contributed by atoms with Gasteiger partial charge in [0, 0.05) is 38.0 Å². The van der Waals surface area contributed by atoms with Crippen LogP contribution in [0, 0.1) is 17.3 Å². The standard InChI is InChI=1S/C19H33N3O2/c1-19(9-12-21(2)14-19)13-20-17(23)15-7-10-22(11-8-15)18(24)16-5-3-4-6-16/h15-16H,3-14H2,1-2H3,(H,20,23). The van der Waals surface area contributed by atoms with Crippen LogP contribution in [0.15, 0.2) is 0 Å². The van der Waals surface area contributed by atoms with Gasteiger partial charge in [-0.2, -0.15) is 0 Å². The van der Waals surface area contributed by atoms with Crippen LogP contribution in [0.2, 0.25) is 0 Å². The van der Waals surface area contributed by atoms with Gasteiger partial charge >= 0.3 is 0 Å². The lowest BCUT2D eigenvalue weighted by Gasteiger charge is -2.33. The molecule has 1 aliphatic carbocycles. The second-order valence-corrected chi connectivity index (χ2v) is 8.60. The first kappa shape index (κ1) is 17.7. The molecule has 2 amide bonds. The van der Waals surface area contributed by atoms with Crippen LogP contribution < -0.4 is 5.32 Å². The molecule has 0 spiro atoms. The first-order valence-corrected chi connectivity index (χ1v) is 9.72. The highest BCUT2D eigenvalue weighted by molar-refractivity contribution is 5.81. The van der Waals surface area contributed by atoms with E-state index in [0.29, 0.717) is 5.91 Å². The molecule has 136 valence electrons. The molecule has 24 heavy (non-hydrogen) atoms. The maximum absolute atomic E-state index is 12.5. The lowest BCUT2D eigenvalue weighted by atomic mass is 9.89. The summed E-state index contributed by atoms with van der Waals surface area (Å²) in [6, 6.07) is 0. The largest absolute Gasteiger partial charge is 0.355 e. The third-order valence-corrected chi connectivity index (χ3v) is 6.32. The highest BCUT2D eigenvalue weighted by Gasteiger charge is 2.35. The topological polar surface area (TPSA) is 52.7 Å². The number of carbonyl (C=O) groups is 2. The van der Waals surface area contributed by atoms with Crippen molar-refractivity contribution < 1.29 is 9.59 Å². The Hall–Kier alpha value is -1.10. The van der Waals surface area contributed by atoms with Gasteiger partial charge in [-0.3, -0.25) is 9.59 Å². The molecule has 0 aromatic heterocycles. The minimum atomic E-state index is 0.0837. The van der Waals surface area contributed by atoms with Crippen molar-refractivity contribution in [2.75, 3.05) is 39.8 Å². The van der Waals surface area contributed by atoms with Gasteiger partial charge < -0.3 is 15.1 Å². The summed E-state index contributed by atoms with van der Waals surface area (Å²) in [5.74, 6) is 0.877. The molecule has 5 heteroatoms. The number of rotatable bonds is 4. The van der Waals surface area contributed by atoms with Crippen molar-refractivity contribution in [3.05, 3.63) is 0 Å². The predicted octanol–water partition coefficient (Wildman–Crippen LogP) is 1.87. The Kier molecular flexibility index (Phi) is 5.48. The van der Waals surface area contributed by atoms with E-state index in [2.05, 4.69) is 24.2 Å². The number of piperidine rings is 1. The Morgan fingerprint density at radius 1 is 1.04 bits per heavy atom. The molecule has 1 N–H and O–H groups in total. The number of nitrogens with one attached hydrogen (secondary N) is 1. The van der Waals surface area contributed by atoms with Crippen LogP contribution in [-0.2, 0) is 9.59 Å². The van der Waals surface area contributed by atoms with E-state index < -0.39 is 0 Å². The number of hydrogen-bond acceptors (Lipinski definition) is 3. The Balaban J connectivity index is 1.41. The van der Waals surface area contributed by atoms with Gasteiger partial charge in [-0.1, -0.05) is 19.8 Å². The van der Waals surface area contributed by atoms with E-state index in [-0.39, 0.29) is 23.2 Å². The van der Waals surface area contributed by atoms with E-state index in [9.17, 15) is 9.59 Å². The van der Waals surface area contributed by atoms with Gasteiger partial charge in [0.1, 0.15) is 0 Å². The van der Waals surface area contributed by atoms with E-state index in [1.165, 1.54) is 12.8 Å². The molecule has 5 nitrogen and oxygen atoms in total. The van der Waals surface area contributed by atoms with Crippen LogP contribution in [0.25, 0.3) is 0 Å². The van der Waals surface area contributed by atoms with Crippen molar-refractivity contribution in [1.29, 1.82) is 0 Å². The Morgan fingerprint density at radius 2 is 1.71 bits per heavy atom. The fourth-order valence-electron chi connectivity index (χ4n) is 4.65. The van der Waals surface area contributed by atoms with E-state index in [0.717, 1.165) is 64.8 Å². The summed E-state index contributed by atoms with van der Waals surface area (Å²) < 4.78 is 0. The normalized spacial score (nSPS) is 30.0. The molecule has 0 aromatic carbocycles. The highest BCUT2D eigenvalue weighted by atomic mass is 16.2. The number of amides is 2. The molecule has 2 heterocycles. The molecule has 2 aliphatic heterocycles. The third kappa shape index (κ3) is 4.11. The Morgan fingerprint density at radius 3 is 2.29 bits per heavy atom. The smallest absolute Gasteiger partial charge is 0.225 e. The highest BCUT2D eigenvalue weighted by Crippen LogP contribution is 2.30. The monoisotopic (exact) mass is 335 g/mol. The molecule has 1 unspecified atom stereocenters. The van der Waals surface area contributed by atoms with Crippen LogP contribution in [0.3, 0.4) is 0 Å². The fourth-order valence-corrected chi connectivity index (χ4v) is 4.65. The van der Waals surface area contributed by atoms with Gasteiger partial charge in [-0.25, -0.2) is 0 Å². The van der Waals surface area contributed by atoms with E-state index in [1.54, 1.807) is 0 Å². The molecule has 1 atom stereocenters. The molecule has 1 saturated carbocycles. The van der Waals surface area contributed by atoms with Gasteiger partial charge in [-0.15, -0.1) is 0 Å². The number of likely N-dealkylation sites (tertiary alicyclic amines) is 2.